The quantitative estimate of drug-likeness (QED) is 0.629. The summed E-state index contributed by atoms with van der Waals surface area (Å²) in [6.07, 6.45) is -3.67. The van der Waals surface area contributed by atoms with Crippen LogP contribution >= 0.6 is 0 Å². The van der Waals surface area contributed by atoms with Crippen LogP contribution in [0, 0.1) is 11.8 Å². The number of likely N-dealkylation sites (tertiary alicyclic amines) is 1. The highest BCUT2D eigenvalue weighted by molar-refractivity contribution is 5.78. The van der Waals surface area contributed by atoms with Crippen LogP contribution in [0.2, 0.25) is 0 Å². The van der Waals surface area contributed by atoms with Gasteiger partial charge in [-0.1, -0.05) is 6.92 Å². The molecule has 0 aromatic rings. The average Bonchev–Trinajstić information content (AvgIpc) is 2.93. The van der Waals surface area contributed by atoms with Crippen molar-refractivity contribution in [2.24, 2.45) is 11.8 Å². The fourth-order valence-electron chi connectivity index (χ4n) is 3.49. The number of carbonyl (C=O) groups excluding carboxylic acids is 1. The lowest BCUT2D eigenvalue weighted by atomic mass is 9.85. The van der Waals surface area contributed by atoms with E-state index in [1.54, 1.807) is 4.90 Å². The molecule has 148 valence electrons. The minimum Gasteiger partial charge on any atom is -0.481 e. The fraction of sp³-hybridized carbons (Fsp3) is 0.800. The lowest BCUT2D eigenvalue weighted by molar-refractivity contribution is -0.187. The zero-order valence-corrected chi connectivity index (χ0v) is 14.2. The molecule has 1 saturated carbocycles. The molecule has 2 atom stereocenters. The molecule has 0 aromatic heterocycles. The zero-order valence-electron chi connectivity index (χ0n) is 14.2. The van der Waals surface area contributed by atoms with Crippen molar-refractivity contribution in [3.05, 3.63) is 0 Å². The third-order valence-electron chi connectivity index (χ3n) is 5.05. The largest absolute Gasteiger partial charge is 0.481 e. The maximum atomic E-state index is 13.0. The van der Waals surface area contributed by atoms with Crippen molar-refractivity contribution in [1.82, 2.24) is 15.1 Å². The molecule has 2 aliphatic rings. The van der Waals surface area contributed by atoms with Crippen molar-refractivity contribution in [3.63, 3.8) is 0 Å². The summed E-state index contributed by atoms with van der Waals surface area (Å²) in [5, 5.41) is 20.4. The number of carboxylic acids is 2. The summed E-state index contributed by atoms with van der Waals surface area (Å²) in [4.78, 5) is 36.6. The molecule has 2 amide bonds. The Kier molecular flexibility index (Phi) is 5.99. The van der Waals surface area contributed by atoms with Crippen LogP contribution in [-0.2, 0) is 9.59 Å². The molecule has 1 aliphatic carbocycles. The summed E-state index contributed by atoms with van der Waals surface area (Å²) < 4.78 is 38.9. The zero-order chi connectivity index (χ0) is 19.6. The molecule has 2 fully saturated rings. The topological polar surface area (TPSA) is 110 Å². The van der Waals surface area contributed by atoms with E-state index < -0.39 is 49.1 Å². The second-order valence-electron chi connectivity index (χ2n) is 6.73. The summed E-state index contributed by atoms with van der Waals surface area (Å²) in [5.41, 5.74) is 0. The molecule has 0 bridgehead atoms. The van der Waals surface area contributed by atoms with E-state index in [2.05, 4.69) is 5.32 Å². The number of nitrogens with one attached hydrogen (secondary N) is 1. The summed E-state index contributed by atoms with van der Waals surface area (Å²) in [7, 11) is 0. The van der Waals surface area contributed by atoms with Gasteiger partial charge in [0.25, 0.3) is 0 Å². The molecule has 11 heteroatoms. The Bertz CT molecular complexity index is 565. The Morgan fingerprint density at radius 1 is 1.19 bits per heavy atom. The van der Waals surface area contributed by atoms with E-state index in [1.807, 2.05) is 6.92 Å². The SMILES string of the molecule is CCN(CC(=O)O)C1CC(NC(=O)N2C[C@@H](C(F)(F)F)[C@H](C(=O)O)C2)C1. The van der Waals surface area contributed by atoms with Crippen molar-refractivity contribution in [2.45, 2.75) is 38.0 Å². The number of carboxylic acid groups (broad SMARTS) is 2. The molecule has 0 radical (unpaired) electrons. The number of likely N-dealkylation sites (N-methyl/N-ethyl adjacent to an activating group) is 1. The normalized spacial score (nSPS) is 28.7. The van der Waals surface area contributed by atoms with E-state index in [0.29, 0.717) is 19.4 Å². The average molecular weight is 381 g/mol. The third kappa shape index (κ3) is 4.57. The van der Waals surface area contributed by atoms with E-state index in [-0.39, 0.29) is 18.6 Å². The van der Waals surface area contributed by atoms with E-state index in [4.69, 9.17) is 10.2 Å². The van der Waals surface area contributed by atoms with Crippen molar-refractivity contribution >= 4 is 18.0 Å². The van der Waals surface area contributed by atoms with Crippen molar-refractivity contribution < 1.29 is 37.8 Å². The van der Waals surface area contributed by atoms with Crippen LogP contribution in [0.3, 0.4) is 0 Å². The predicted octanol–water partition coefficient (Wildman–Crippen LogP) is 0.828. The number of urea groups is 1. The monoisotopic (exact) mass is 381 g/mol. The van der Waals surface area contributed by atoms with Gasteiger partial charge in [-0.25, -0.2) is 4.79 Å². The summed E-state index contributed by atoms with van der Waals surface area (Å²) in [6, 6.07) is -0.981. The first-order valence-corrected chi connectivity index (χ1v) is 8.33. The first-order chi connectivity index (χ1) is 12.0. The number of rotatable bonds is 6. The Balaban J connectivity index is 1.86. The highest BCUT2D eigenvalue weighted by Gasteiger charge is 2.53. The van der Waals surface area contributed by atoms with E-state index in [1.165, 1.54) is 0 Å². The third-order valence-corrected chi connectivity index (χ3v) is 5.05. The minimum atomic E-state index is -4.68. The van der Waals surface area contributed by atoms with Crippen LogP contribution in [0.1, 0.15) is 19.8 Å². The van der Waals surface area contributed by atoms with Gasteiger partial charge in [-0.2, -0.15) is 13.2 Å². The van der Waals surface area contributed by atoms with Crippen molar-refractivity contribution in [3.8, 4) is 0 Å². The molecule has 26 heavy (non-hydrogen) atoms. The molecule has 1 aliphatic heterocycles. The number of hydrogen-bond acceptors (Lipinski definition) is 4. The highest BCUT2D eigenvalue weighted by atomic mass is 19.4. The second-order valence-corrected chi connectivity index (χ2v) is 6.73. The van der Waals surface area contributed by atoms with Gasteiger partial charge in [0.05, 0.1) is 18.4 Å². The van der Waals surface area contributed by atoms with Gasteiger partial charge in [-0.3, -0.25) is 14.5 Å². The van der Waals surface area contributed by atoms with Gasteiger partial charge in [0, 0.05) is 25.2 Å². The molecular formula is C15H22F3N3O5. The first kappa shape index (κ1) is 20.3. The molecule has 3 N–H and O–H groups in total. The Morgan fingerprint density at radius 3 is 2.23 bits per heavy atom. The van der Waals surface area contributed by atoms with Crippen LogP contribution in [0.5, 0.6) is 0 Å². The molecule has 0 spiro atoms. The number of hydrogen-bond donors (Lipinski definition) is 3. The van der Waals surface area contributed by atoms with Gasteiger partial charge in [-0.05, 0) is 19.4 Å². The number of amides is 2. The molecule has 8 nitrogen and oxygen atoms in total. The molecule has 1 heterocycles. The van der Waals surface area contributed by atoms with Gasteiger partial charge in [-0.15, -0.1) is 0 Å². The lowest BCUT2D eigenvalue weighted by Crippen LogP contribution is -2.56. The van der Waals surface area contributed by atoms with E-state index in [0.717, 1.165) is 4.90 Å². The van der Waals surface area contributed by atoms with Gasteiger partial charge < -0.3 is 20.4 Å². The van der Waals surface area contributed by atoms with Gasteiger partial charge in [0.15, 0.2) is 0 Å². The molecule has 0 unspecified atom stereocenters. The highest BCUT2D eigenvalue weighted by Crippen LogP contribution is 2.38. The molecule has 1 saturated heterocycles. The predicted molar refractivity (Wildman–Crippen MR) is 82.5 cm³/mol. The van der Waals surface area contributed by atoms with Crippen LogP contribution in [0.15, 0.2) is 0 Å². The first-order valence-electron chi connectivity index (χ1n) is 8.33. The Labute approximate surface area is 147 Å². The van der Waals surface area contributed by atoms with Crippen LogP contribution < -0.4 is 5.32 Å². The number of alkyl halides is 3. The minimum absolute atomic E-state index is 0.00494. The smallest absolute Gasteiger partial charge is 0.394 e. The Morgan fingerprint density at radius 2 is 1.81 bits per heavy atom. The van der Waals surface area contributed by atoms with Crippen LogP contribution in [0.4, 0.5) is 18.0 Å². The maximum absolute atomic E-state index is 13.0. The second kappa shape index (κ2) is 7.68. The Hall–Kier alpha value is -2.04. The summed E-state index contributed by atoms with van der Waals surface area (Å²) in [6.45, 7) is 1.09. The summed E-state index contributed by atoms with van der Waals surface area (Å²) in [5.74, 6) is -6.26. The maximum Gasteiger partial charge on any atom is 0.394 e. The summed E-state index contributed by atoms with van der Waals surface area (Å²) >= 11 is 0. The van der Waals surface area contributed by atoms with Gasteiger partial charge in [0.2, 0.25) is 0 Å². The number of carbonyl (C=O) groups is 3. The van der Waals surface area contributed by atoms with E-state index >= 15 is 0 Å². The lowest BCUT2D eigenvalue weighted by Gasteiger charge is -2.42. The van der Waals surface area contributed by atoms with Crippen molar-refractivity contribution in [2.75, 3.05) is 26.2 Å². The fourth-order valence-corrected chi connectivity index (χ4v) is 3.49. The van der Waals surface area contributed by atoms with Crippen molar-refractivity contribution in [1.29, 1.82) is 0 Å². The van der Waals surface area contributed by atoms with Crippen LogP contribution in [-0.4, -0.2) is 82.4 Å². The number of aliphatic carboxylic acids is 2. The number of nitrogens with zero attached hydrogens (tertiary/aromatic N) is 2. The molecule has 0 aromatic carbocycles. The molecular weight excluding hydrogens is 359 g/mol. The van der Waals surface area contributed by atoms with E-state index in [9.17, 15) is 27.6 Å². The molecule has 2 rings (SSSR count). The number of halogens is 3. The van der Waals surface area contributed by atoms with Gasteiger partial charge in [0.1, 0.15) is 0 Å². The van der Waals surface area contributed by atoms with Gasteiger partial charge >= 0.3 is 24.1 Å². The standard InChI is InChI=1S/C15H22F3N3O5/c1-2-20(7-12(22)23)9-3-8(4-9)19-14(26)21-5-10(13(24)25)11(6-21)15(16,17)18/h8-11H,2-7H2,1H3,(H,19,26)(H,22,23)(H,24,25)/t8?,9?,10-,11-/m1/s1. The van der Waals surface area contributed by atoms with Crippen LogP contribution in [0.25, 0.3) is 0 Å².